The Balaban J connectivity index is 1.95. The van der Waals surface area contributed by atoms with E-state index < -0.39 is 23.9 Å². The van der Waals surface area contributed by atoms with Crippen molar-refractivity contribution in [2.75, 3.05) is 4.90 Å². The molecule has 10 heteroatoms. The topological polar surface area (TPSA) is 58.6 Å². The van der Waals surface area contributed by atoms with E-state index in [4.69, 9.17) is 23.8 Å². The van der Waals surface area contributed by atoms with Crippen molar-refractivity contribution in [2.24, 2.45) is 0 Å². The Morgan fingerprint density at radius 2 is 1.79 bits per heavy atom. The highest BCUT2D eigenvalue weighted by molar-refractivity contribution is 7.80. The molecule has 0 bridgehead atoms. The number of carbonyl (C=O) groups is 2. The molecule has 0 saturated carbocycles. The molecule has 1 aliphatic heterocycles. The normalized spacial score (nSPS) is 16.4. The molecule has 2 amide bonds. The lowest BCUT2D eigenvalue weighted by molar-refractivity contribution is -0.274. The minimum Gasteiger partial charge on any atom is -0.406 e. The molecule has 2 aromatic carbocycles. The highest BCUT2D eigenvalue weighted by Gasteiger charge is 2.34. The molecule has 0 spiro atoms. The number of rotatable bonds is 3. The molecule has 3 rings (SSSR count). The fraction of sp³-hybridized carbons (Fsp3) is 0.0556. The summed E-state index contributed by atoms with van der Waals surface area (Å²) in [4.78, 5) is 26.1. The molecule has 0 aromatic heterocycles. The van der Waals surface area contributed by atoms with Crippen LogP contribution in [0.4, 0.5) is 18.9 Å². The van der Waals surface area contributed by atoms with Crippen molar-refractivity contribution in [2.45, 2.75) is 6.36 Å². The van der Waals surface area contributed by atoms with Gasteiger partial charge in [0.25, 0.3) is 11.8 Å². The van der Waals surface area contributed by atoms with Gasteiger partial charge in [0.15, 0.2) is 5.11 Å². The fourth-order valence-electron chi connectivity index (χ4n) is 2.45. The van der Waals surface area contributed by atoms with Crippen LogP contribution >= 0.6 is 23.8 Å². The lowest BCUT2D eigenvalue weighted by Gasteiger charge is -2.29. The number of thiocarbonyl (C=S) groups is 1. The summed E-state index contributed by atoms with van der Waals surface area (Å²) in [5, 5.41) is 2.70. The third kappa shape index (κ3) is 4.49. The Kier molecular flexibility index (Phi) is 5.39. The minimum absolute atomic E-state index is 0.122. The van der Waals surface area contributed by atoms with Crippen LogP contribution in [0.3, 0.4) is 0 Å². The van der Waals surface area contributed by atoms with Gasteiger partial charge in [-0.15, -0.1) is 13.2 Å². The van der Waals surface area contributed by atoms with Crippen LogP contribution in [0.15, 0.2) is 54.1 Å². The zero-order valence-corrected chi connectivity index (χ0v) is 15.4. The second-order valence-electron chi connectivity index (χ2n) is 5.55. The largest absolute Gasteiger partial charge is 0.573 e. The summed E-state index contributed by atoms with van der Waals surface area (Å²) in [6.45, 7) is 0. The standard InChI is InChI=1S/C18H10ClF3N2O3S/c19-11-4-6-12(7-5-11)24-16(26)14(15(25)23-17(24)28)9-10-2-1-3-13(8-10)27-18(20,21)22/h1-9H,(H,23,25,28). The number of hydrogen-bond acceptors (Lipinski definition) is 4. The van der Waals surface area contributed by atoms with Gasteiger partial charge in [0.1, 0.15) is 11.3 Å². The lowest BCUT2D eigenvalue weighted by Crippen LogP contribution is -2.54. The Morgan fingerprint density at radius 1 is 1.11 bits per heavy atom. The van der Waals surface area contributed by atoms with Crippen molar-refractivity contribution in [1.29, 1.82) is 0 Å². The number of ether oxygens (including phenoxy) is 1. The maximum atomic E-state index is 12.8. The van der Waals surface area contributed by atoms with Crippen molar-refractivity contribution in [1.82, 2.24) is 5.32 Å². The maximum absolute atomic E-state index is 12.8. The van der Waals surface area contributed by atoms with E-state index in [9.17, 15) is 22.8 Å². The predicted octanol–water partition coefficient (Wildman–Crippen LogP) is 4.07. The van der Waals surface area contributed by atoms with E-state index in [2.05, 4.69) is 10.1 Å². The number of hydrogen-bond donors (Lipinski definition) is 1. The number of nitrogens with one attached hydrogen (secondary N) is 1. The van der Waals surface area contributed by atoms with E-state index in [1.807, 2.05) is 0 Å². The molecule has 1 heterocycles. The second kappa shape index (κ2) is 7.61. The number of halogens is 4. The van der Waals surface area contributed by atoms with Crippen LogP contribution in [0, 0.1) is 0 Å². The Morgan fingerprint density at radius 3 is 2.43 bits per heavy atom. The summed E-state index contributed by atoms with van der Waals surface area (Å²) in [6.07, 6.45) is -3.70. The van der Waals surface area contributed by atoms with Crippen LogP contribution in [0.25, 0.3) is 6.08 Å². The van der Waals surface area contributed by atoms with E-state index in [0.29, 0.717) is 10.7 Å². The zero-order chi connectivity index (χ0) is 20.5. The summed E-state index contributed by atoms with van der Waals surface area (Å²) < 4.78 is 41.0. The number of anilines is 1. The van der Waals surface area contributed by atoms with Crippen molar-refractivity contribution in [3.8, 4) is 5.75 Å². The summed E-state index contributed by atoms with van der Waals surface area (Å²) >= 11 is 10.9. The van der Waals surface area contributed by atoms with Gasteiger partial charge in [0.05, 0.1) is 5.69 Å². The van der Waals surface area contributed by atoms with Gasteiger partial charge < -0.3 is 4.74 Å². The number of nitrogens with zero attached hydrogens (tertiary/aromatic N) is 1. The highest BCUT2D eigenvalue weighted by Crippen LogP contribution is 2.26. The quantitative estimate of drug-likeness (QED) is 0.456. The molecule has 0 radical (unpaired) electrons. The van der Waals surface area contributed by atoms with Gasteiger partial charge in [-0.05, 0) is 60.3 Å². The maximum Gasteiger partial charge on any atom is 0.573 e. The third-order valence-corrected chi connectivity index (χ3v) is 4.13. The van der Waals surface area contributed by atoms with Gasteiger partial charge in [-0.3, -0.25) is 19.8 Å². The molecule has 5 nitrogen and oxygen atoms in total. The molecule has 28 heavy (non-hydrogen) atoms. The summed E-state index contributed by atoms with van der Waals surface area (Å²) in [5.41, 5.74) is 0.247. The van der Waals surface area contributed by atoms with Gasteiger partial charge in [-0.1, -0.05) is 23.7 Å². The molecule has 1 saturated heterocycles. The van der Waals surface area contributed by atoms with Crippen LogP contribution < -0.4 is 15.0 Å². The van der Waals surface area contributed by atoms with Crippen molar-refractivity contribution in [3.63, 3.8) is 0 Å². The van der Waals surface area contributed by atoms with E-state index in [1.165, 1.54) is 12.1 Å². The van der Waals surface area contributed by atoms with Crippen LogP contribution in [-0.2, 0) is 9.59 Å². The molecule has 1 aliphatic rings. The SMILES string of the molecule is O=C1NC(=S)N(c2ccc(Cl)cc2)C(=O)C1=Cc1cccc(OC(F)(F)F)c1. The average molecular weight is 427 g/mol. The van der Waals surface area contributed by atoms with Crippen LogP contribution in [-0.4, -0.2) is 23.3 Å². The number of carbonyl (C=O) groups excluding carboxylic acids is 2. The van der Waals surface area contributed by atoms with E-state index in [-0.39, 0.29) is 16.2 Å². The molecule has 1 fully saturated rings. The molecule has 144 valence electrons. The van der Waals surface area contributed by atoms with Gasteiger partial charge in [0, 0.05) is 5.02 Å². The molecule has 0 atom stereocenters. The van der Waals surface area contributed by atoms with Crippen molar-refractivity contribution >= 4 is 52.5 Å². The first kappa shape index (κ1) is 19.8. The Hall–Kier alpha value is -2.91. The molecule has 1 N–H and O–H groups in total. The molecular weight excluding hydrogens is 417 g/mol. The number of amides is 2. The minimum atomic E-state index is -4.86. The van der Waals surface area contributed by atoms with Crippen LogP contribution in [0.5, 0.6) is 5.75 Å². The monoisotopic (exact) mass is 426 g/mol. The molecular formula is C18H10ClF3N2O3S. The van der Waals surface area contributed by atoms with E-state index >= 15 is 0 Å². The van der Waals surface area contributed by atoms with Gasteiger partial charge >= 0.3 is 6.36 Å². The smallest absolute Gasteiger partial charge is 0.406 e. The number of benzene rings is 2. The average Bonchev–Trinajstić information content (AvgIpc) is 2.59. The number of alkyl halides is 3. The summed E-state index contributed by atoms with van der Waals surface area (Å²) in [6, 6.07) is 11.1. The summed E-state index contributed by atoms with van der Waals surface area (Å²) in [5.74, 6) is -1.96. The zero-order valence-electron chi connectivity index (χ0n) is 13.8. The lowest BCUT2D eigenvalue weighted by atomic mass is 10.1. The Labute approximate surface area is 167 Å². The third-order valence-electron chi connectivity index (χ3n) is 3.59. The van der Waals surface area contributed by atoms with Crippen LogP contribution in [0.2, 0.25) is 5.02 Å². The first-order valence-electron chi connectivity index (χ1n) is 7.67. The first-order valence-corrected chi connectivity index (χ1v) is 8.45. The fourth-order valence-corrected chi connectivity index (χ4v) is 2.86. The highest BCUT2D eigenvalue weighted by atomic mass is 35.5. The summed E-state index contributed by atoms with van der Waals surface area (Å²) in [7, 11) is 0. The predicted molar refractivity (Wildman–Crippen MR) is 101 cm³/mol. The molecule has 0 unspecified atom stereocenters. The first-order chi connectivity index (χ1) is 13.1. The second-order valence-corrected chi connectivity index (χ2v) is 6.38. The van der Waals surface area contributed by atoms with Crippen LogP contribution in [0.1, 0.15) is 5.56 Å². The molecule has 0 aliphatic carbocycles. The van der Waals surface area contributed by atoms with Gasteiger partial charge in [0.2, 0.25) is 0 Å². The van der Waals surface area contributed by atoms with Crippen molar-refractivity contribution in [3.05, 3.63) is 64.7 Å². The van der Waals surface area contributed by atoms with Gasteiger partial charge in [-0.2, -0.15) is 0 Å². The van der Waals surface area contributed by atoms with E-state index in [1.54, 1.807) is 24.3 Å². The van der Waals surface area contributed by atoms with Crippen molar-refractivity contribution < 1.29 is 27.5 Å². The Bertz CT molecular complexity index is 990. The molecule has 2 aromatic rings. The van der Waals surface area contributed by atoms with Gasteiger partial charge in [-0.25, -0.2) is 0 Å². The van der Waals surface area contributed by atoms with E-state index in [0.717, 1.165) is 23.1 Å².